The molecular formula is C23H16N6O2RuS2. The molecule has 0 spiro atoms. The summed E-state index contributed by atoms with van der Waals surface area (Å²) in [6, 6.07) is 20.0. The van der Waals surface area contributed by atoms with Crippen LogP contribution in [0, 0.1) is 0 Å². The summed E-state index contributed by atoms with van der Waals surface area (Å²) >= 11 is 7.40. The zero-order valence-electron chi connectivity index (χ0n) is 17.4. The number of pyridine rings is 4. The molecule has 0 saturated heterocycles. The minimum Gasteiger partial charge on any atom is -0.753 e. The van der Waals surface area contributed by atoms with E-state index in [0.717, 1.165) is 11.4 Å². The first-order valence-corrected chi connectivity index (χ1v) is 9.84. The van der Waals surface area contributed by atoms with E-state index in [0.29, 0.717) is 11.4 Å². The molecule has 8 nitrogen and oxygen atoms in total. The Kier molecular flexibility index (Phi) is 16.8. The summed E-state index contributed by atoms with van der Waals surface area (Å²) in [6.07, 6.45) is 6.64. The topological polar surface area (TPSA) is 133 Å². The van der Waals surface area contributed by atoms with Crippen LogP contribution in [0.3, 0.4) is 0 Å². The van der Waals surface area contributed by atoms with Gasteiger partial charge in [-0.05, 0) is 48.5 Å². The fourth-order valence-electron chi connectivity index (χ4n) is 2.25. The number of aromatic carboxylic acids is 1. The number of aromatic nitrogens is 4. The third kappa shape index (κ3) is 11.8. The summed E-state index contributed by atoms with van der Waals surface area (Å²) in [7, 11) is 0. The maximum Gasteiger partial charge on any atom is 2.00 e. The summed E-state index contributed by atoms with van der Waals surface area (Å²) in [5.41, 5.74) is 3.28. The minimum absolute atomic E-state index is 0. The molecule has 4 aromatic heterocycles. The monoisotopic (exact) mass is 574 g/mol. The van der Waals surface area contributed by atoms with Gasteiger partial charge in [0.2, 0.25) is 0 Å². The zero-order valence-corrected chi connectivity index (χ0v) is 20.7. The Morgan fingerprint density at radius 3 is 1.35 bits per heavy atom. The summed E-state index contributed by atoms with van der Waals surface area (Å²) in [5, 5.41) is 25.7. The Labute approximate surface area is 220 Å². The molecule has 4 aromatic rings. The van der Waals surface area contributed by atoms with Crippen molar-refractivity contribution >= 4 is 40.7 Å². The summed E-state index contributed by atoms with van der Waals surface area (Å²) in [4.78, 5) is 27.3. The van der Waals surface area contributed by atoms with Gasteiger partial charge in [-0.3, -0.25) is 19.9 Å². The van der Waals surface area contributed by atoms with Crippen molar-refractivity contribution in [3.63, 3.8) is 0 Å². The first-order chi connectivity index (χ1) is 16.1. The maximum atomic E-state index is 10.7. The van der Waals surface area contributed by atoms with E-state index in [2.05, 4.69) is 44.4 Å². The van der Waals surface area contributed by atoms with Crippen molar-refractivity contribution in [3.8, 4) is 22.8 Å². The first-order valence-electron chi connectivity index (χ1n) is 9.03. The largest absolute Gasteiger partial charge is 2.00 e. The second kappa shape index (κ2) is 18.8. The third-order valence-electron chi connectivity index (χ3n) is 3.53. The van der Waals surface area contributed by atoms with E-state index in [1.165, 1.54) is 28.7 Å². The fraction of sp³-hybridized carbons (Fsp3) is 0. The van der Waals surface area contributed by atoms with Crippen LogP contribution in [0.25, 0.3) is 33.6 Å². The summed E-state index contributed by atoms with van der Waals surface area (Å²) < 4.78 is 0. The fourth-order valence-corrected chi connectivity index (χ4v) is 2.25. The Morgan fingerprint density at radius 1 is 0.676 bits per heavy atom. The van der Waals surface area contributed by atoms with Gasteiger partial charge in [0.25, 0.3) is 0 Å². The molecule has 0 radical (unpaired) electrons. The van der Waals surface area contributed by atoms with Crippen LogP contribution in [0.1, 0.15) is 10.4 Å². The number of rotatable bonds is 3. The van der Waals surface area contributed by atoms with E-state index in [4.69, 9.17) is 15.9 Å². The Bertz CT molecular complexity index is 1140. The number of thiocarbonyl (C=S) groups is 2. The molecule has 0 aromatic carbocycles. The van der Waals surface area contributed by atoms with Gasteiger partial charge in [-0.25, -0.2) is 4.79 Å². The molecule has 4 heterocycles. The Balaban J connectivity index is 0.000000515. The predicted molar refractivity (Wildman–Crippen MR) is 134 cm³/mol. The van der Waals surface area contributed by atoms with E-state index in [-0.39, 0.29) is 25.0 Å². The van der Waals surface area contributed by atoms with E-state index < -0.39 is 5.97 Å². The standard InChI is InChI=1S/C11H8N2O2.C10H8N2.2CNS.Ru/c14-11(15)8-4-6-13-10(7-8)9-3-1-2-5-12-9;1-3-7-11-9(5-1)10-6-2-4-8-12-10;2*2-1-3;/h1-7H,(H,14,15);1-8H;;;/q;;2*-1;+2. The quantitative estimate of drug-likeness (QED) is 0.198. The van der Waals surface area contributed by atoms with Crippen LogP contribution in [0.15, 0.2) is 91.5 Å². The number of carboxylic acids is 1. The molecule has 0 atom stereocenters. The molecule has 4 rings (SSSR count). The maximum absolute atomic E-state index is 10.7. The van der Waals surface area contributed by atoms with Crippen molar-refractivity contribution < 1.29 is 29.4 Å². The van der Waals surface area contributed by atoms with E-state index in [9.17, 15) is 4.79 Å². The zero-order chi connectivity index (χ0) is 24.3. The number of carbonyl (C=O) groups is 1. The van der Waals surface area contributed by atoms with Gasteiger partial charge >= 0.3 is 25.4 Å². The normalized spacial score (nSPS) is 8.24. The Morgan fingerprint density at radius 2 is 1.03 bits per heavy atom. The van der Waals surface area contributed by atoms with Crippen LogP contribution >= 0.6 is 24.4 Å². The molecule has 0 aliphatic rings. The van der Waals surface area contributed by atoms with Crippen molar-refractivity contribution in [1.29, 1.82) is 0 Å². The first kappa shape index (κ1) is 30.3. The molecular weight excluding hydrogens is 557 g/mol. The molecule has 1 N–H and O–H groups in total. The molecule has 11 heteroatoms. The summed E-state index contributed by atoms with van der Waals surface area (Å²) in [6.45, 7) is 0. The van der Waals surface area contributed by atoms with Gasteiger partial charge in [-0.1, -0.05) is 42.6 Å². The number of hydrogen-bond donors (Lipinski definition) is 1. The van der Waals surface area contributed by atoms with E-state index >= 15 is 0 Å². The second-order valence-electron chi connectivity index (χ2n) is 5.56. The molecule has 34 heavy (non-hydrogen) atoms. The van der Waals surface area contributed by atoms with Gasteiger partial charge in [-0.2, -0.15) is 10.3 Å². The van der Waals surface area contributed by atoms with Crippen LogP contribution < -0.4 is 0 Å². The van der Waals surface area contributed by atoms with E-state index in [1.54, 1.807) is 30.7 Å². The van der Waals surface area contributed by atoms with Gasteiger partial charge in [0.15, 0.2) is 0 Å². The molecule has 0 aliphatic carbocycles. The molecule has 170 valence electrons. The van der Waals surface area contributed by atoms with Gasteiger partial charge in [-0.15, -0.1) is 0 Å². The minimum atomic E-state index is -0.963. The molecule has 0 saturated carbocycles. The van der Waals surface area contributed by atoms with Crippen molar-refractivity contribution in [3.05, 3.63) is 108 Å². The number of hydrogen-bond acceptors (Lipinski definition) is 7. The second-order valence-corrected chi connectivity index (χ2v) is 5.93. The van der Waals surface area contributed by atoms with E-state index in [1.807, 2.05) is 42.5 Å². The number of nitrogens with zero attached hydrogens (tertiary/aromatic N) is 6. The summed E-state index contributed by atoms with van der Waals surface area (Å²) in [5.74, 6) is -0.963. The van der Waals surface area contributed by atoms with Gasteiger partial charge < -0.3 is 15.9 Å². The third-order valence-corrected chi connectivity index (χ3v) is 3.53. The van der Waals surface area contributed by atoms with Crippen LogP contribution in [0.5, 0.6) is 0 Å². The smallest absolute Gasteiger partial charge is 0.753 e. The average molecular weight is 574 g/mol. The van der Waals surface area contributed by atoms with Crippen LogP contribution in [-0.4, -0.2) is 41.3 Å². The molecule has 0 unspecified atom stereocenters. The average Bonchev–Trinajstić information content (AvgIpc) is 2.87. The van der Waals surface area contributed by atoms with Crippen molar-refractivity contribution in [2.75, 3.05) is 0 Å². The van der Waals surface area contributed by atoms with Crippen molar-refractivity contribution in [1.82, 2.24) is 19.9 Å². The molecule has 0 amide bonds. The van der Waals surface area contributed by atoms with Crippen molar-refractivity contribution in [2.45, 2.75) is 0 Å². The van der Waals surface area contributed by atoms with Gasteiger partial charge in [0, 0.05) is 24.8 Å². The number of carboxylic acid groups (broad SMARTS) is 1. The van der Waals surface area contributed by atoms with Crippen LogP contribution in [0.2, 0.25) is 0 Å². The van der Waals surface area contributed by atoms with Gasteiger partial charge in [0.1, 0.15) is 0 Å². The SMILES string of the molecule is O=C(O)c1ccnc(-c2ccccn2)c1.[N-]=C=S.[N-]=C=S.[Ru+2].c1ccc(-c2ccccn2)nc1. The van der Waals surface area contributed by atoms with Gasteiger partial charge in [0.05, 0.1) is 28.3 Å². The number of isothiocyanates is 2. The van der Waals surface area contributed by atoms with Crippen molar-refractivity contribution in [2.24, 2.45) is 0 Å². The molecule has 0 bridgehead atoms. The van der Waals surface area contributed by atoms with Crippen LogP contribution in [-0.2, 0) is 19.5 Å². The molecule has 0 fully saturated rings. The van der Waals surface area contributed by atoms with Crippen LogP contribution in [0.4, 0.5) is 0 Å². The predicted octanol–water partition coefficient (Wildman–Crippen LogP) is 5.30. The Hall–Kier alpha value is -3.71. The molecule has 0 aliphatic heterocycles.